The van der Waals surface area contributed by atoms with Crippen LogP contribution < -0.4 is 5.32 Å². The van der Waals surface area contributed by atoms with E-state index in [1.807, 2.05) is 0 Å². The molecule has 23 heavy (non-hydrogen) atoms. The van der Waals surface area contributed by atoms with Crippen molar-refractivity contribution >= 4 is 33.2 Å². The van der Waals surface area contributed by atoms with Gasteiger partial charge in [0.25, 0.3) is 11.7 Å². The van der Waals surface area contributed by atoms with E-state index in [0.29, 0.717) is 22.3 Å². The molecule has 0 aliphatic heterocycles. The van der Waals surface area contributed by atoms with E-state index in [9.17, 15) is 22.0 Å². The van der Waals surface area contributed by atoms with Gasteiger partial charge in [-0.3, -0.25) is 4.79 Å². The number of rotatable bonds is 5. The summed E-state index contributed by atoms with van der Waals surface area (Å²) in [6.45, 7) is 0. The minimum atomic E-state index is -3.54. The zero-order valence-corrected chi connectivity index (χ0v) is 13.6. The molecule has 0 aliphatic carbocycles. The molecule has 0 spiro atoms. The second-order valence-electron chi connectivity index (χ2n) is 4.63. The average molecular weight is 357 g/mol. The largest absolute Gasteiger partial charge is 0.322 e. The van der Waals surface area contributed by atoms with Crippen molar-refractivity contribution in [3.8, 4) is 0 Å². The fourth-order valence-corrected chi connectivity index (χ4v) is 3.28. The van der Waals surface area contributed by atoms with E-state index in [-0.39, 0.29) is 10.5 Å². The lowest BCUT2D eigenvalue weighted by Crippen LogP contribution is -2.15. The van der Waals surface area contributed by atoms with Gasteiger partial charge in [-0.2, -0.15) is 8.78 Å². The summed E-state index contributed by atoms with van der Waals surface area (Å²) >= 11 is 0.403. The molecule has 0 aromatic heterocycles. The Morgan fingerprint density at radius 1 is 1.09 bits per heavy atom. The molecule has 0 fully saturated rings. The number of thioether (sulfide) groups is 1. The molecule has 0 unspecified atom stereocenters. The topological polar surface area (TPSA) is 63.2 Å². The fourth-order valence-electron chi connectivity index (χ4n) is 1.90. The summed E-state index contributed by atoms with van der Waals surface area (Å²) in [7, 11) is -3.54. The Labute approximate surface area is 136 Å². The maximum absolute atomic E-state index is 12.2. The molecule has 0 atom stereocenters. The van der Waals surface area contributed by atoms with Crippen molar-refractivity contribution < 1.29 is 22.0 Å². The first-order chi connectivity index (χ1) is 10.8. The van der Waals surface area contributed by atoms with E-state index >= 15 is 0 Å². The van der Waals surface area contributed by atoms with Crippen LogP contribution in [-0.4, -0.2) is 26.3 Å². The van der Waals surface area contributed by atoms with Gasteiger partial charge in [0.1, 0.15) is 0 Å². The molecule has 0 bridgehead atoms. The van der Waals surface area contributed by atoms with Crippen molar-refractivity contribution in [2.24, 2.45) is 0 Å². The quantitative estimate of drug-likeness (QED) is 0.830. The molecule has 0 saturated carbocycles. The Kier molecular flexibility index (Phi) is 5.38. The van der Waals surface area contributed by atoms with Crippen LogP contribution in [0.15, 0.2) is 58.3 Å². The zero-order valence-electron chi connectivity index (χ0n) is 12.0. The molecule has 0 saturated heterocycles. The van der Waals surface area contributed by atoms with Crippen LogP contribution >= 0.6 is 11.8 Å². The number of alkyl halides is 2. The van der Waals surface area contributed by atoms with Crippen molar-refractivity contribution in [2.75, 3.05) is 11.6 Å². The van der Waals surface area contributed by atoms with Crippen LogP contribution in [-0.2, 0) is 9.84 Å². The smallest absolute Gasteiger partial charge is 0.288 e. The minimum Gasteiger partial charge on any atom is -0.322 e. The SMILES string of the molecule is CS(=O)(=O)c1ccccc1C(=O)Nc1ccc(SC(F)F)cc1. The van der Waals surface area contributed by atoms with Crippen molar-refractivity contribution in [2.45, 2.75) is 15.5 Å². The molecule has 1 N–H and O–H groups in total. The number of carbonyl (C=O) groups is 1. The van der Waals surface area contributed by atoms with E-state index in [4.69, 9.17) is 0 Å². The molecule has 1 amide bonds. The summed E-state index contributed by atoms with van der Waals surface area (Å²) in [6.07, 6.45) is 1.02. The van der Waals surface area contributed by atoms with E-state index in [2.05, 4.69) is 5.32 Å². The van der Waals surface area contributed by atoms with Crippen molar-refractivity contribution in [1.29, 1.82) is 0 Å². The normalized spacial score (nSPS) is 11.5. The molecule has 0 heterocycles. The van der Waals surface area contributed by atoms with E-state index in [1.165, 1.54) is 42.5 Å². The number of hydrogen-bond donors (Lipinski definition) is 1. The van der Waals surface area contributed by atoms with Gasteiger partial charge in [-0.05, 0) is 36.4 Å². The van der Waals surface area contributed by atoms with Gasteiger partial charge < -0.3 is 5.32 Å². The Balaban J connectivity index is 2.20. The first-order valence-electron chi connectivity index (χ1n) is 6.42. The lowest BCUT2D eigenvalue weighted by atomic mass is 10.2. The third kappa shape index (κ3) is 4.77. The average Bonchev–Trinajstić information content (AvgIpc) is 2.48. The molecule has 0 radical (unpaired) electrons. The Hall–Kier alpha value is -1.93. The lowest BCUT2D eigenvalue weighted by molar-refractivity contribution is 0.102. The molecule has 2 rings (SSSR count). The van der Waals surface area contributed by atoms with E-state index in [1.54, 1.807) is 6.07 Å². The van der Waals surface area contributed by atoms with Gasteiger partial charge >= 0.3 is 0 Å². The van der Waals surface area contributed by atoms with Gasteiger partial charge in [-0.15, -0.1) is 0 Å². The molecule has 8 heteroatoms. The van der Waals surface area contributed by atoms with Crippen molar-refractivity contribution in [1.82, 2.24) is 0 Å². The highest BCUT2D eigenvalue weighted by Gasteiger charge is 2.18. The van der Waals surface area contributed by atoms with Crippen LogP contribution in [0.3, 0.4) is 0 Å². The van der Waals surface area contributed by atoms with E-state index in [0.717, 1.165) is 6.26 Å². The van der Waals surface area contributed by atoms with Gasteiger partial charge in [-0.25, -0.2) is 8.42 Å². The van der Waals surface area contributed by atoms with Gasteiger partial charge in [0, 0.05) is 16.8 Å². The summed E-state index contributed by atoms with van der Waals surface area (Å²) < 4.78 is 47.9. The van der Waals surface area contributed by atoms with Crippen LogP contribution in [0.4, 0.5) is 14.5 Å². The number of carbonyl (C=O) groups excluding carboxylic acids is 1. The molecule has 4 nitrogen and oxygen atoms in total. The van der Waals surface area contributed by atoms with Crippen LogP contribution in [0.1, 0.15) is 10.4 Å². The summed E-state index contributed by atoms with van der Waals surface area (Å²) in [4.78, 5) is 12.5. The third-order valence-corrected chi connectivity index (χ3v) is 4.75. The summed E-state index contributed by atoms with van der Waals surface area (Å²) in [5, 5.41) is 2.55. The van der Waals surface area contributed by atoms with Crippen LogP contribution in [0.25, 0.3) is 0 Å². The number of halogens is 2. The number of hydrogen-bond acceptors (Lipinski definition) is 4. The monoisotopic (exact) mass is 357 g/mol. The summed E-state index contributed by atoms with van der Waals surface area (Å²) in [5.41, 5.74) is 0.415. The predicted molar refractivity (Wildman–Crippen MR) is 85.8 cm³/mol. The Bertz CT molecular complexity index is 806. The van der Waals surface area contributed by atoms with Gasteiger partial charge in [-0.1, -0.05) is 23.9 Å². The lowest BCUT2D eigenvalue weighted by Gasteiger charge is -2.09. The number of nitrogens with one attached hydrogen (secondary N) is 1. The molecule has 2 aromatic carbocycles. The highest BCUT2D eigenvalue weighted by molar-refractivity contribution is 7.99. The molecule has 0 aliphatic rings. The Morgan fingerprint density at radius 2 is 1.70 bits per heavy atom. The number of sulfone groups is 1. The first-order valence-corrected chi connectivity index (χ1v) is 9.20. The van der Waals surface area contributed by atoms with Crippen LogP contribution in [0, 0.1) is 0 Å². The predicted octanol–water partition coefficient (Wildman–Crippen LogP) is 3.66. The van der Waals surface area contributed by atoms with Crippen LogP contribution in [0.2, 0.25) is 0 Å². The molecule has 2 aromatic rings. The van der Waals surface area contributed by atoms with Gasteiger partial charge in [0.15, 0.2) is 9.84 Å². The maximum atomic E-state index is 12.2. The zero-order chi connectivity index (χ0) is 17.0. The third-order valence-electron chi connectivity index (χ3n) is 2.87. The Morgan fingerprint density at radius 3 is 2.26 bits per heavy atom. The number of anilines is 1. The van der Waals surface area contributed by atoms with Gasteiger partial charge in [0.2, 0.25) is 0 Å². The minimum absolute atomic E-state index is 0.0287. The molecular formula is C15H13F2NO3S2. The number of benzene rings is 2. The van der Waals surface area contributed by atoms with Crippen LogP contribution in [0.5, 0.6) is 0 Å². The molecule has 122 valence electrons. The fraction of sp³-hybridized carbons (Fsp3) is 0.133. The second-order valence-corrected chi connectivity index (χ2v) is 7.67. The highest BCUT2D eigenvalue weighted by Crippen LogP contribution is 2.26. The number of amides is 1. The first kappa shape index (κ1) is 17.4. The second kappa shape index (κ2) is 7.10. The van der Waals surface area contributed by atoms with Crippen molar-refractivity contribution in [3.05, 3.63) is 54.1 Å². The maximum Gasteiger partial charge on any atom is 0.288 e. The summed E-state index contributed by atoms with van der Waals surface area (Å²) in [6, 6.07) is 11.7. The highest BCUT2D eigenvalue weighted by atomic mass is 32.2. The van der Waals surface area contributed by atoms with Crippen molar-refractivity contribution in [3.63, 3.8) is 0 Å². The summed E-state index contributed by atoms with van der Waals surface area (Å²) in [5.74, 6) is -3.10. The molecular weight excluding hydrogens is 344 g/mol. The van der Waals surface area contributed by atoms with Gasteiger partial charge in [0.05, 0.1) is 10.5 Å². The standard InChI is InChI=1S/C15H13F2NO3S2/c1-23(20,21)13-5-3-2-4-12(13)14(19)18-10-6-8-11(9-7-10)22-15(16)17/h2-9,15H,1H3,(H,18,19). The van der Waals surface area contributed by atoms with E-state index < -0.39 is 21.5 Å².